The SMILES string of the molecule is COCOc1cc(OCOC)cc(C(=O)Br)c1. The molecule has 0 heterocycles. The van der Waals surface area contributed by atoms with Crippen molar-refractivity contribution in [2.75, 3.05) is 27.8 Å². The largest absolute Gasteiger partial charge is 0.467 e. The van der Waals surface area contributed by atoms with Crippen LogP contribution in [0.4, 0.5) is 0 Å². The van der Waals surface area contributed by atoms with E-state index >= 15 is 0 Å². The van der Waals surface area contributed by atoms with Crippen LogP contribution < -0.4 is 9.47 Å². The zero-order chi connectivity index (χ0) is 12.7. The summed E-state index contributed by atoms with van der Waals surface area (Å²) in [5, 5.41) is 0. The maximum absolute atomic E-state index is 11.2. The summed E-state index contributed by atoms with van der Waals surface area (Å²) < 4.78 is 19.8. The fourth-order valence-corrected chi connectivity index (χ4v) is 1.33. The van der Waals surface area contributed by atoms with Gasteiger partial charge in [0.05, 0.1) is 0 Å². The summed E-state index contributed by atoms with van der Waals surface area (Å²) in [6.45, 7) is 0.202. The molecule has 0 amide bonds. The zero-order valence-corrected chi connectivity index (χ0v) is 11.2. The van der Waals surface area contributed by atoms with Crippen LogP contribution in [0, 0.1) is 0 Å². The van der Waals surface area contributed by atoms with E-state index in [-0.39, 0.29) is 18.3 Å². The summed E-state index contributed by atoms with van der Waals surface area (Å²) in [4.78, 5) is 11.2. The predicted octanol–water partition coefficient (Wildman–Crippen LogP) is 2.19. The van der Waals surface area contributed by atoms with E-state index < -0.39 is 0 Å². The van der Waals surface area contributed by atoms with Crippen LogP contribution in [0.2, 0.25) is 0 Å². The molecule has 0 spiro atoms. The second kappa shape index (κ2) is 7.26. The first-order valence-corrected chi connectivity index (χ1v) is 5.55. The Morgan fingerprint density at radius 3 is 1.88 bits per heavy atom. The number of ether oxygens (including phenoxy) is 4. The lowest BCUT2D eigenvalue weighted by Gasteiger charge is -2.10. The number of hydrogen-bond acceptors (Lipinski definition) is 5. The smallest absolute Gasteiger partial charge is 0.228 e. The molecule has 6 heteroatoms. The summed E-state index contributed by atoms with van der Waals surface area (Å²) in [7, 11) is 3.03. The second-order valence-electron chi connectivity index (χ2n) is 3.07. The third-order valence-electron chi connectivity index (χ3n) is 1.79. The lowest BCUT2D eigenvalue weighted by molar-refractivity contribution is 0.0459. The molecule has 0 fully saturated rings. The van der Waals surface area contributed by atoms with Crippen LogP contribution in [-0.2, 0) is 9.47 Å². The Kier molecular flexibility index (Phi) is 5.96. The van der Waals surface area contributed by atoms with Gasteiger partial charge in [0.25, 0.3) is 0 Å². The number of methoxy groups -OCH3 is 2. The van der Waals surface area contributed by atoms with Gasteiger partial charge in [-0.05, 0) is 28.1 Å². The van der Waals surface area contributed by atoms with Crippen molar-refractivity contribution in [1.82, 2.24) is 0 Å². The lowest BCUT2D eigenvalue weighted by atomic mass is 10.2. The highest BCUT2D eigenvalue weighted by Crippen LogP contribution is 2.24. The number of rotatable bonds is 7. The van der Waals surface area contributed by atoms with Gasteiger partial charge in [-0.3, -0.25) is 4.79 Å². The monoisotopic (exact) mass is 304 g/mol. The van der Waals surface area contributed by atoms with Gasteiger partial charge in [-0.2, -0.15) is 0 Å². The number of hydrogen-bond donors (Lipinski definition) is 0. The summed E-state index contributed by atoms with van der Waals surface area (Å²) in [5.74, 6) is 0.978. The second-order valence-corrected chi connectivity index (χ2v) is 3.79. The van der Waals surface area contributed by atoms with Crippen molar-refractivity contribution in [3.05, 3.63) is 23.8 Å². The molecule has 0 aliphatic carbocycles. The Morgan fingerprint density at radius 1 is 1.06 bits per heavy atom. The van der Waals surface area contributed by atoms with Gasteiger partial charge in [0.15, 0.2) is 13.6 Å². The van der Waals surface area contributed by atoms with E-state index in [1.54, 1.807) is 18.2 Å². The quantitative estimate of drug-likeness (QED) is 0.571. The van der Waals surface area contributed by atoms with Gasteiger partial charge in [-0.15, -0.1) is 0 Å². The van der Waals surface area contributed by atoms with Gasteiger partial charge in [0, 0.05) is 25.8 Å². The molecule has 0 aromatic heterocycles. The number of carbonyl (C=O) groups is 1. The average molecular weight is 305 g/mol. The van der Waals surface area contributed by atoms with Crippen LogP contribution in [0.3, 0.4) is 0 Å². The van der Waals surface area contributed by atoms with Crippen LogP contribution in [0.5, 0.6) is 11.5 Å². The van der Waals surface area contributed by atoms with E-state index in [0.29, 0.717) is 17.1 Å². The van der Waals surface area contributed by atoms with Gasteiger partial charge in [0.1, 0.15) is 11.5 Å². The van der Waals surface area contributed by atoms with Crippen molar-refractivity contribution < 1.29 is 23.7 Å². The summed E-state index contributed by atoms with van der Waals surface area (Å²) in [6.07, 6.45) is 0. The molecule has 0 saturated carbocycles. The maximum Gasteiger partial charge on any atom is 0.228 e. The lowest BCUT2D eigenvalue weighted by Crippen LogP contribution is -2.03. The van der Waals surface area contributed by atoms with Crippen molar-refractivity contribution in [3.8, 4) is 11.5 Å². The minimum absolute atomic E-state index is 0.101. The van der Waals surface area contributed by atoms with Gasteiger partial charge >= 0.3 is 0 Å². The Bertz CT molecular complexity index is 354. The van der Waals surface area contributed by atoms with Gasteiger partial charge in [0.2, 0.25) is 4.69 Å². The zero-order valence-electron chi connectivity index (χ0n) is 9.57. The van der Waals surface area contributed by atoms with E-state index in [9.17, 15) is 4.79 Å². The minimum atomic E-state index is -0.248. The van der Waals surface area contributed by atoms with E-state index in [4.69, 9.17) is 18.9 Å². The van der Waals surface area contributed by atoms with Crippen molar-refractivity contribution in [3.63, 3.8) is 0 Å². The molecule has 0 saturated heterocycles. The first-order chi connectivity index (χ1) is 8.17. The van der Waals surface area contributed by atoms with E-state index in [2.05, 4.69) is 15.9 Å². The van der Waals surface area contributed by atoms with Gasteiger partial charge in [-0.25, -0.2) is 0 Å². The molecule has 17 heavy (non-hydrogen) atoms. The molecule has 94 valence electrons. The Hall–Kier alpha value is -1.11. The molecule has 0 aliphatic rings. The molecular weight excluding hydrogens is 292 g/mol. The Balaban J connectivity index is 2.88. The molecule has 0 atom stereocenters. The molecule has 0 aliphatic heterocycles. The highest BCUT2D eigenvalue weighted by molar-refractivity contribution is 9.18. The molecule has 1 rings (SSSR count). The first kappa shape index (κ1) is 14.0. The average Bonchev–Trinajstić information content (AvgIpc) is 2.33. The highest BCUT2D eigenvalue weighted by atomic mass is 79.9. The van der Waals surface area contributed by atoms with Gasteiger partial charge < -0.3 is 18.9 Å². The van der Waals surface area contributed by atoms with Crippen molar-refractivity contribution in [2.24, 2.45) is 0 Å². The highest BCUT2D eigenvalue weighted by Gasteiger charge is 2.07. The van der Waals surface area contributed by atoms with Crippen molar-refractivity contribution in [2.45, 2.75) is 0 Å². The van der Waals surface area contributed by atoms with Crippen LogP contribution in [0.15, 0.2) is 18.2 Å². The third-order valence-corrected chi connectivity index (χ3v) is 2.25. The first-order valence-electron chi connectivity index (χ1n) is 4.75. The van der Waals surface area contributed by atoms with Crippen molar-refractivity contribution in [1.29, 1.82) is 0 Å². The van der Waals surface area contributed by atoms with Crippen LogP contribution >= 0.6 is 15.9 Å². The van der Waals surface area contributed by atoms with Crippen LogP contribution in [-0.4, -0.2) is 32.5 Å². The number of halogens is 1. The fourth-order valence-electron chi connectivity index (χ4n) is 1.11. The Labute approximate surface area is 108 Å². The number of benzene rings is 1. The molecular formula is C11H13BrO5. The standard InChI is InChI=1S/C11H13BrO5/c1-14-6-16-9-3-8(11(12)13)4-10(5-9)17-7-15-2/h3-5H,6-7H2,1-2H3. The molecule has 0 unspecified atom stereocenters. The van der Waals surface area contributed by atoms with E-state index in [0.717, 1.165) is 0 Å². The molecule has 0 bridgehead atoms. The van der Waals surface area contributed by atoms with E-state index in [1.165, 1.54) is 14.2 Å². The maximum atomic E-state index is 11.2. The molecule has 0 N–H and O–H groups in total. The normalized spacial score (nSPS) is 10.1. The third kappa shape index (κ3) is 4.72. The Morgan fingerprint density at radius 2 is 1.53 bits per heavy atom. The molecule has 0 radical (unpaired) electrons. The predicted molar refractivity (Wildman–Crippen MR) is 64.7 cm³/mol. The topological polar surface area (TPSA) is 54.0 Å². The molecule has 1 aromatic carbocycles. The summed E-state index contributed by atoms with van der Waals surface area (Å²) in [5.41, 5.74) is 0.435. The van der Waals surface area contributed by atoms with Crippen LogP contribution in [0.1, 0.15) is 10.4 Å². The van der Waals surface area contributed by atoms with Crippen LogP contribution in [0.25, 0.3) is 0 Å². The fraction of sp³-hybridized carbons (Fsp3) is 0.364. The molecule has 1 aromatic rings. The van der Waals surface area contributed by atoms with Crippen molar-refractivity contribution >= 4 is 20.6 Å². The molecule has 5 nitrogen and oxygen atoms in total. The summed E-state index contributed by atoms with van der Waals surface area (Å²) >= 11 is 2.87. The van der Waals surface area contributed by atoms with Gasteiger partial charge in [-0.1, -0.05) is 0 Å². The number of carbonyl (C=O) groups excluding carboxylic acids is 1. The van der Waals surface area contributed by atoms with E-state index in [1.807, 2.05) is 0 Å². The minimum Gasteiger partial charge on any atom is -0.467 e. The summed E-state index contributed by atoms with van der Waals surface area (Å²) in [6, 6.07) is 4.84.